The number of esters is 1. The lowest BCUT2D eigenvalue weighted by Crippen LogP contribution is -2.09. The summed E-state index contributed by atoms with van der Waals surface area (Å²) in [6.45, 7) is 0.305. The molecule has 3 aromatic carbocycles. The van der Waals surface area contributed by atoms with Crippen molar-refractivity contribution in [2.45, 2.75) is 6.61 Å². The maximum Gasteiger partial charge on any atom is 0.343 e. The SMILES string of the molecule is O=C(Oc1ccccc1Br)c1ccc(COc2cc(Cl)ccc2Cl)cc1. The highest BCUT2D eigenvalue weighted by atomic mass is 79.9. The molecule has 0 aliphatic rings. The van der Waals surface area contributed by atoms with Crippen LogP contribution in [-0.4, -0.2) is 5.97 Å². The minimum atomic E-state index is -0.428. The van der Waals surface area contributed by atoms with Crippen LogP contribution in [0.3, 0.4) is 0 Å². The van der Waals surface area contributed by atoms with Gasteiger partial charge in [-0.15, -0.1) is 0 Å². The van der Waals surface area contributed by atoms with Crippen LogP contribution in [-0.2, 0) is 6.61 Å². The van der Waals surface area contributed by atoms with E-state index in [2.05, 4.69) is 15.9 Å². The van der Waals surface area contributed by atoms with Crippen LogP contribution < -0.4 is 9.47 Å². The van der Waals surface area contributed by atoms with Gasteiger partial charge in [0.15, 0.2) is 0 Å². The molecule has 0 atom stereocenters. The third-order valence-electron chi connectivity index (χ3n) is 3.52. The van der Waals surface area contributed by atoms with E-state index in [0.717, 1.165) is 10.0 Å². The molecule has 0 saturated heterocycles. The monoisotopic (exact) mass is 450 g/mol. The van der Waals surface area contributed by atoms with E-state index < -0.39 is 5.97 Å². The third-order valence-corrected chi connectivity index (χ3v) is 4.72. The van der Waals surface area contributed by atoms with E-state index in [-0.39, 0.29) is 0 Å². The van der Waals surface area contributed by atoms with Gasteiger partial charge in [-0.25, -0.2) is 4.79 Å². The number of carbonyl (C=O) groups excluding carboxylic acids is 1. The molecule has 3 aromatic rings. The molecule has 0 radical (unpaired) electrons. The summed E-state index contributed by atoms with van der Waals surface area (Å²) in [5.41, 5.74) is 1.34. The molecule has 0 aliphatic carbocycles. The molecule has 26 heavy (non-hydrogen) atoms. The highest BCUT2D eigenvalue weighted by Gasteiger charge is 2.11. The van der Waals surface area contributed by atoms with E-state index in [4.69, 9.17) is 32.7 Å². The van der Waals surface area contributed by atoms with Crippen molar-refractivity contribution in [2.75, 3.05) is 0 Å². The summed E-state index contributed by atoms with van der Waals surface area (Å²) >= 11 is 15.4. The zero-order valence-electron chi connectivity index (χ0n) is 13.4. The van der Waals surface area contributed by atoms with E-state index in [1.54, 1.807) is 54.6 Å². The van der Waals surface area contributed by atoms with Gasteiger partial charge in [0.2, 0.25) is 0 Å². The van der Waals surface area contributed by atoms with Gasteiger partial charge < -0.3 is 9.47 Å². The van der Waals surface area contributed by atoms with Gasteiger partial charge in [-0.2, -0.15) is 0 Å². The van der Waals surface area contributed by atoms with E-state index in [0.29, 0.717) is 33.7 Å². The minimum absolute atomic E-state index is 0.305. The van der Waals surface area contributed by atoms with Crippen LogP contribution in [0.5, 0.6) is 11.5 Å². The Bertz CT molecular complexity index is 927. The van der Waals surface area contributed by atoms with Crippen LogP contribution in [0.1, 0.15) is 15.9 Å². The lowest BCUT2D eigenvalue weighted by Gasteiger charge is -2.09. The van der Waals surface area contributed by atoms with Crippen molar-refractivity contribution < 1.29 is 14.3 Å². The number of ether oxygens (including phenoxy) is 2. The number of hydrogen-bond acceptors (Lipinski definition) is 3. The number of halogens is 3. The van der Waals surface area contributed by atoms with Gasteiger partial charge in [0.05, 0.1) is 15.1 Å². The number of rotatable bonds is 5. The second-order valence-electron chi connectivity index (χ2n) is 5.38. The summed E-state index contributed by atoms with van der Waals surface area (Å²) in [7, 11) is 0. The molecule has 0 aromatic heterocycles. The molecule has 0 spiro atoms. The second-order valence-corrected chi connectivity index (χ2v) is 7.08. The van der Waals surface area contributed by atoms with Crippen molar-refractivity contribution in [3.05, 3.63) is 92.4 Å². The van der Waals surface area contributed by atoms with Crippen molar-refractivity contribution >= 4 is 45.1 Å². The van der Waals surface area contributed by atoms with Crippen LogP contribution in [0.4, 0.5) is 0 Å². The number of benzene rings is 3. The summed E-state index contributed by atoms with van der Waals surface area (Å²) in [5, 5.41) is 1.04. The second kappa shape index (κ2) is 8.58. The molecule has 0 saturated carbocycles. The number of hydrogen-bond donors (Lipinski definition) is 0. The van der Waals surface area contributed by atoms with E-state index in [9.17, 15) is 4.79 Å². The third kappa shape index (κ3) is 4.79. The van der Waals surface area contributed by atoms with Crippen LogP contribution in [0, 0.1) is 0 Å². The predicted molar refractivity (Wildman–Crippen MR) is 106 cm³/mol. The Hall–Kier alpha value is -2.01. The van der Waals surface area contributed by atoms with Gasteiger partial charge in [0, 0.05) is 11.1 Å². The number of carbonyl (C=O) groups is 1. The fraction of sp³-hybridized carbons (Fsp3) is 0.0500. The Kier molecular flexibility index (Phi) is 6.20. The predicted octanol–water partition coefficient (Wildman–Crippen LogP) is 6.55. The van der Waals surface area contributed by atoms with Crippen LogP contribution >= 0.6 is 39.1 Å². The molecule has 3 rings (SSSR count). The molecule has 3 nitrogen and oxygen atoms in total. The first-order valence-electron chi connectivity index (χ1n) is 7.66. The molecule has 0 aliphatic heterocycles. The Labute approximate surface area is 169 Å². The molecular formula is C20H13BrCl2O3. The summed E-state index contributed by atoms with van der Waals surface area (Å²) < 4.78 is 11.8. The fourth-order valence-electron chi connectivity index (χ4n) is 2.17. The molecule has 0 heterocycles. The first kappa shape index (κ1) is 18.8. The molecular weight excluding hydrogens is 439 g/mol. The van der Waals surface area contributed by atoms with Crippen LogP contribution in [0.15, 0.2) is 71.2 Å². The Morgan fingerprint density at radius 3 is 2.38 bits per heavy atom. The standard InChI is InChI=1S/C20H13BrCl2O3/c21-16-3-1-2-4-18(16)26-20(24)14-7-5-13(6-8-14)12-25-19-11-15(22)9-10-17(19)23/h1-11H,12H2. The van der Waals surface area contributed by atoms with Gasteiger partial charge in [-0.1, -0.05) is 47.5 Å². The topological polar surface area (TPSA) is 35.5 Å². The highest BCUT2D eigenvalue weighted by Crippen LogP contribution is 2.28. The molecule has 0 fully saturated rings. The van der Waals surface area contributed by atoms with Crippen LogP contribution in [0.25, 0.3) is 0 Å². The number of para-hydroxylation sites is 1. The Balaban J connectivity index is 1.64. The van der Waals surface area contributed by atoms with Gasteiger partial charge in [-0.05, 0) is 57.9 Å². The fourth-order valence-corrected chi connectivity index (χ4v) is 2.87. The largest absolute Gasteiger partial charge is 0.487 e. The van der Waals surface area contributed by atoms with Crippen molar-refractivity contribution in [1.82, 2.24) is 0 Å². The molecule has 132 valence electrons. The summed E-state index contributed by atoms with van der Waals surface area (Å²) in [4.78, 5) is 12.2. The maximum atomic E-state index is 12.2. The average molecular weight is 452 g/mol. The normalized spacial score (nSPS) is 10.4. The van der Waals surface area contributed by atoms with Gasteiger partial charge >= 0.3 is 5.97 Å². The van der Waals surface area contributed by atoms with Crippen molar-refractivity contribution in [3.63, 3.8) is 0 Å². The molecule has 0 N–H and O–H groups in total. The summed E-state index contributed by atoms with van der Waals surface area (Å²) in [6.07, 6.45) is 0. The first-order chi connectivity index (χ1) is 12.5. The van der Waals surface area contributed by atoms with Gasteiger partial charge in [0.1, 0.15) is 18.1 Å². The van der Waals surface area contributed by atoms with Crippen molar-refractivity contribution in [1.29, 1.82) is 0 Å². The molecule has 6 heteroatoms. The zero-order valence-corrected chi connectivity index (χ0v) is 16.5. The molecule has 0 amide bonds. The summed E-state index contributed by atoms with van der Waals surface area (Å²) in [6, 6.07) is 19.2. The lowest BCUT2D eigenvalue weighted by atomic mass is 10.1. The van der Waals surface area contributed by atoms with E-state index >= 15 is 0 Å². The minimum Gasteiger partial charge on any atom is -0.487 e. The van der Waals surface area contributed by atoms with Gasteiger partial charge in [-0.3, -0.25) is 0 Å². The van der Waals surface area contributed by atoms with E-state index in [1.165, 1.54) is 0 Å². The first-order valence-corrected chi connectivity index (χ1v) is 9.21. The average Bonchev–Trinajstić information content (AvgIpc) is 2.65. The van der Waals surface area contributed by atoms with Crippen LogP contribution in [0.2, 0.25) is 10.0 Å². The Morgan fingerprint density at radius 1 is 0.923 bits per heavy atom. The smallest absolute Gasteiger partial charge is 0.343 e. The highest BCUT2D eigenvalue weighted by molar-refractivity contribution is 9.10. The molecule has 0 unspecified atom stereocenters. The Morgan fingerprint density at radius 2 is 1.65 bits per heavy atom. The van der Waals surface area contributed by atoms with Crippen molar-refractivity contribution in [2.24, 2.45) is 0 Å². The molecule has 0 bridgehead atoms. The zero-order chi connectivity index (χ0) is 18.5. The lowest BCUT2D eigenvalue weighted by molar-refractivity contribution is 0.0733. The van der Waals surface area contributed by atoms with Crippen molar-refractivity contribution in [3.8, 4) is 11.5 Å². The maximum absolute atomic E-state index is 12.2. The quantitative estimate of drug-likeness (QED) is 0.325. The van der Waals surface area contributed by atoms with Gasteiger partial charge in [0.25, 0.3) is 0 Å². The summed E-state index contributed by atoms with van der Waals surface area (Å²) in [5.74, 6) is 0.555. The van der Waals surface area contributed by atoms with E-state index in [1.807, 2.05) is 12.1 Å².